The zero-order valence-electron chi connectivity index (χ0n) is 15.6. The molecule has 0 aliphatic carbocycles. The molecule has 0 aromatic heterocycles. The molecule has 0 saturated carbocycles. The van der Waals surface area contributed by atoms with E-state index in [1.54, 1.807) is 12.1 Å². The maximum atomic E-state index is 12.7. The Morgan fingerprint density at radius 2 is 1.71 bits per heavy atom. The van der Waals surface area contributed by atoms with Gasteiger partial charge in [0.05, 0.1) is 6.04 Å². The monoisotopic (exact) mass is 398 g/mol. The van der Waals surface area contributed by atoms with Crippen molar-refractivity contribution >= 4 is 11.8 Å². The van der Waals surface area contributed by atoms with Gasteiger partial charge < -0.3 is 10.6 Å². The van der Waals surface area contributed by atoms with E-state index >= 15 is 0 Å². The largest absolute Gasteiger partial charge is 0.406 e. The third kappa shape index (κ3) is 5.23. The molecule has 2 fully saturated rings. The Bertz CT molecular complexity index is 700. The first-order valence-electron chi connectivity index (χ1n) is 9.43. The number of likely N-dealkylation sites (tertiary alicyclic amines) is 1. The van der Waals surface area contributed by atoms with E-state index in [9.17, 15) is 22.8 Å². The van der Waals surface area contributed by atoms with E-state index < -0.39 is 30.6 Å². The second kappa shape index (κ2) is 8.48. The number of hydrogen-bond acceptors (Lipinski definition) is 4. The molecule has 2 heterocycles. The summed E-state index contributed by atoms with van der Waals surface area (Å²) in [5.74, 6) is -0.865. The quantitative estimate of drug-likeness (QED) is 0.815. The first kappa shape index (κ1) is 20.6. The molecule has 2 aliphatic heterocycles. The van der Waals surface area contributed by atoms with E-state index in [1.807, 2.05) is 17.0 Å². The zero-order chi connectivity index (χ0) is 20.3. The number of amides is 2. The lowest BCUT2D eigenvalue weighted by molar-refractivity contribution is -0.168. The van der Waals surface area contributed by atoms with Crippen LogP contribution in [-0.4, -0.2) is 78.0 Å². The Morgan fingerprint density at radius 3 is 2.29 bits per heavy atom. The van der Waals surface area contributed by atoms with Crippen LogP contribution in [0.2, 0.25) is 0 Å². The summed E-state index contributed by atoms with van der Waals surface area (Å²) < 4.78 is 38.0. The lowest BCUT2D eigenvalue weighted by atomic mass is 10.0. The average Bonchev–Trinajstić information content (AvgIpc) is 2.64. The van der Waals surface area contributed by atoms with Crippen molar-refractivity contribution in [3.8, 4) is 0 Å². The van der Waals surface area contributed by atoms with Gasteiger partial charge >= 0.3 is 6.18 Å². The fourth-order valence-electron chi connectivity index (χ4n) is 3.90. The first-order chi connectivity index (χ1) is 13.2. The molecule has 154 valence electrons. The van der Waals surface area contributed by atoms with Crippen molar-refractivity contribution in [3.05, 3.63) is 35.4 Å². The number of nitrogens with zero attached hydrogens (tertiary/aromatic N) is 3. The number of halogens is 3. The number of rotatable bonds is 5. The summed E-state index contributed by atoms with van der Waals surface area (Å²) in [5.41, 5.74) is 6.77. The molecule has 2 aliphatic rings. The summed E-state index contributed by atoms with van der Waals surface area (Å²) in [6.45, 7) is 2.50. The molecule has 2 N–H and O–H groups in total. The predicted octanol–water partition coefficient (Wildman–Crippen LogP) is 1.46. The molecule has 2 saturated heterocycles. The predicted molar refractivity (Wildman–Crippen MR) is 97.5 cm³/mol. The van der Waals surface area contributed by atoms with Crippen LogP contribution in [0.5, 0.6) is 0 Å². The van der Waals surface area contributed by atoms with E-state index in [2.05, 4.69) is 4.90 Å². The highest BCUT2D eigenvalue weighted by Gasteiger charge is 2.39. The van der Waals surface area contributed by atoms with Crippen LogP contribution >= 0.6 is 0 Å². The zero-order valence-corrected chi connectivity index (χ0v) is 15.6. The molecule has 1 aromatic carbocycles. The molecule has 3 rings (SSSR count). The highest BCUT2D eigenvalue weighted by atomic mass is 19.4. The van der Waals surface area contributed by atoms with Gasteiger partial charge in [-0.2, -0.15) is 13.2 Å². The Labute approximate surface area is 162 Å². The van der Waals surface area contributed by atoms with E-state index in [0.29, 0.717) is 38.0 Å². The minimum absolute atomic E-state index is 0.177. The van der Waals surface area contributed by atoms with Gasteiger partial charge in [-0.25, -0.2) is 0 Å². The second-order valence-corrected chi connectivity index (χ2v) is 7.41. The van der Waals surface area contributed by atoms with Crippen molar-refractivity contribution in [1.82, 2.24) is 14.7 Å². The number of primary amides is 1. The normalized spacial score (nSPS) is 22.5. The van der Waals surface area contributed by atoms with E-state index in [-0.39, 0.29) is 6.54 Å². The first-order valence-corrected chi connectivity index (χ1v) is 9.43. The fraction of sp³-hybridized carbons (Fsp3) is 0.579. The molecule has 6 nitrogen and oxygen atoms in total. The Hall–Kier alpha value is -2.13. The Kier molecular flexibility index (Phi) is 6.24. The lowest BCUT2D eigenvalue weighted by Crippen LogP contribution is -2.58. The summed E-state index contributed by atoms with van der Waals surface area (Å²) in [6, 6.07) is 6.68. The number of hydrogen-bond donors (Lipinski definition) is 1. The van der Waals surface area contributed by atoms with Crippen molar-refractivity contribution in [1.29, 1.82) is 0 Å². The van der Waals surface area contributed by atoms with Gasteiger partial charge in [0.15, 0.2) is 0 Å². The van der Waals surface area contributed by atoms with Crippen LogP contribution in [0.15, 0.2) is 24.3 Å². The second-order valence-electron chi connectivity index (χ2n) is 7.41. The fourth-order valence-corrected chi connectivity index (χ4v) is 3.90. The number of nitrogens with two attached hydrogens (primary N) is 1. The highest BCUT2D eigenvalue weighted by Crippen LogP contribution is 2.24. The molecular formula is C19H25F3N4O2. The van der Waals surface area contributed by atoms with Crippen molar-refractivity contribution in [3.63, 3.8) is 0 Å². The van der Waals surface area contributed by atoms with Crippen LogP contribution in [0.25, 0.3) is 0 Å². The van der Waals surface area contributed by atoms with E-state index in [1.165, 1.54) is 0 Å². The van der Waals surface area contributed by atoms with Gasteiger partial charge in [-0.1, -0.05) is 12.1 Å². The van der Waals surface area contributed by atoms with Crippen molar-refractivity contribution < 1.29 is 22.8 Å². The summed E-state index contributed by atoms with van der Waals surface area (Å²) in [6.07, 6.45) is -3.15. The maximum absolute atomic E-state index is 12.7. The summed E-state index contributed by atoms with van der Waals surface area (Å²) in [7, 11) is 0. The molecule has 1 aromatic rings. The molecule has 28 heavy (non-hydrogen) atoms. The van der Waals surface area contributed by atoms with E-state index in [0.717, 1.165) is 23.6 Å². The third-order valence-corrected chi connectivity index (χ3v) is 5.36. The van der Waals surface area contributed by atoms with Crippen LogP contribution < -0.4 is 5.73 Å². The lowest BCUT2D eigenvalue weighted by Gasteiger charge is -2.42. The van der Waals surface area contributed by atoms with Crippen molar-refractivity contribution in [2.75, 3.05) is 39.3 Å². The van der Waals surface area contributed by atoms with Gasteiger partial charge in [0.1, 0.15) is 6.54 Å². The SMILES string of the molecule is NC(=O)c1ccc(CN2CCN([C@@H]3CCCN(CC(F)(F)F)C3=O)CC2)cc1. The molecule has 0 unspecified atom stereocenters. The smallest absolute Gasteiger partial charge is 0.366 e. The molecule has 0 spiro atoms. The molecule has 0 bridgehead atoms. The number of alkyl halides is 3. The average molecular weight is 398 g/mol. The van der Waals surface area contributed by atoms with Gasteiger partial charge in [0, 0.05) is 44.8 Å². The van der Waals surface area contributed by atoms with Crippen LogP contribution in [0.3, 0.4) is 0 Å². The number of benzene rings is 1. The van der Waals surface area contributed by atoms with Gasteiger partial charge in [0.25, 0.3) is 0 Å². The standard InChI is InChI=1S/C19H25F3N4O2/c20-19(21,22)13-26-7-1-2-16(18(26)28)25-10-8-24(9-11-25)12-14-3-5-15(6-4-14)17(23)27/h3-6,16H,1-2,7-13H2,(H2,23,27)/t16-/m1/s1. The summed E-state index contributed by atoms with van der Waals surface area (Å²) in [5, 5.41) is 0. The highest BCUT2D eigenvalue weighted by molar-refractivity contribution is 5.92. The maximum Gasteiger partial charge on any atom is 0.406 e. The Balaban J connectivity index is 1.51. The van der Waals surface area contributed by atoms with Crippen LogP contribution in [0.4, 0.5) is 13.2 Å². The van der Waals surface area contributed by atoms with Crippen molar-refractivity contribution in [2.45, 2.75) is 31.6 Å². The summed E-state index contributed by atoms with van der Waals surface area (Å²) in [4.78, 5) is 28.8. The third-order valence-electron chi connectivity index (χ3n) is 5.36. The van der Waals surface area contributed by atoms with Gasteiger partial charge in [-0.05, 0) is 30.5 Å². The number of piperazine rings is 1. The Morgan fingerprint density at radius 1 is 1.07 bits per heavy atom. The number of carbonyl (C=O) groups is 2. The molecule has 9 heteroatoms. The molecular weight excluding hydrogens is 373 g/mol. The van der Waals surface area contributed by atoms with Gasteiger partial charge in [0.2, 0.25) is 11.8 Å². The topological polar surface area (TPSA) is 69.9 Å². The van der Waals surface area contributed by atoms with Crippen molar-refractivity contribution in [2.24, 2.45) is 5.73 Å². The van der Waals surface area contributed by atoms with Gasteiger partial charge in [-0.15, -0.1) is 0 Å². The van der Waals surface area contributed by atoms with Crippen LogP contribution in [-0.2, 0) is 11.3 Å². The minimum Gasteiger partial charge on any atom is -0.366 e. The molecule has 2 amide bonds. The van der Waals surface area contributed by atoms with Crippen LogP contribution in [0, 0.1) is 0 Å². The minimum atomic E-state index is -4.36. The molecule has 1 atom stereocenters. The van der Waals surface area contributed by atoms with E-state index in [4.69, 9.17) is 5.73 Å². The number of carbonyl (C=O) groups excluding carboxylic acids is 2. The van der Waals surface area contributed by atoms with Gasteiger partial charge in [-0.3, -0.25) is 19.4 Å². The summed E-state index contributed by atoms with van der Waals surface area (Å²) >= 11 is 0. The number of piperidine rings is 1. The van der Waals surface area contributed by atoms with Crippen LogP contribution in [0.1, 0.15) is 28.8 Å². The molecule has 0 radical (unpaired) electrons.